The van der Waals surface area contributed by atoms with Gasteiger partial charge in [0.2, 0.25) is 5.91 Å². The zero-order valence-corrected chi connectivity index (χ0v) is 14.8. The van der Waals surface area contributed by atoms with Crippen molar-refractivity contribution >= 4 is 17.3 Å². The predicted octanol–water partition coefficient (Wildman–Crippen LogP) is 4.77. The number of carbonyl (C=O) groups is 1. The summed E-state index contributed by atoms with van der Waals surface area (Å²) in [4.78, 5) is 14.3. The molecule has 0 unspecified atom stereocenters. The molecular formula is C20H21F3N2O. The highest BCUT2D eigenvalue weighted by Gasteiger charge is 2.30. The van der Waals surface area contributed by atoms with Gasteiger partial charge in [-0.25, -0.2) is 0 Å². The van der Waals surface area contributed by atoms with Crippen LogP contribution in [0.3, 0.4) is 0 Å². The van der Waals surface area contributed by atoms with Gasteiger partial charge in [-0.15, -0.1) is 0 Å². The van der Waals surface area contributed by atoms with Gasteiger partial charge in [0.05, 0.1) is 12.1 Å². The first-order valence-corrected chi connectivity index (χ1v) is 8.53. The molecule has 1 heterocycles. The quantitative estimate of drug-likeness (QED) is 0.782. The van der Waals surface area contributed by atoms with E-state index in [1.54, 1.807) is 4.90 Å². The first kappa shape index (κ1) is 18.3. The molecule has 0 bridgehead atoms. The lowest BCUT2D eigenvalue weighted by molar-refractivity contribution is -0.137. The molecule has 1 aliphatic heterocycles. The van der Waals surface area contributed by atoms with Gasteiger partial charge in [-0.1, -0.05) is 12.1 Å². The van der Waals surface area contributed by atoms with Gasteiger partial charge in [-0.3, -0.25) is 4.79 Å². The van der Waals surface area contributed by atoms with Crippen molar-refractivity contribution in [2.24, 2.45) is 0 Å². The van der Waals surface area contributed by atoms with E-state index in [0.717, 1.165) is 53.0 Å². The Balaban J connectivity index is 1.98. The number of fused-ring (bicyclic) bond motifs is 1. The molecule has 1 aliphatic rings. The topological polar surface area (TPSA) is 46.3 Å². The Bertz CT molecular complexity index is 842. The zero-order valence-electron chi connectivity index (χ0n) is 14.8. The van der Waals surface area contributed by atoms with Gasteiger partial charge >= 0.3 is 6.18 Å². The summed E-state index contributed by atoms with van der Waals surface area (Å²) in [5.74, 6) is -0.0211. The highest BCUT2D eigenvalue weighted by atomic mass is 19.4. The maximum atomic E-state index is 12.7. The first-order valence-electron chi connectivity index (χ1n) is 8.53. The highest BCUT2D eigenvalue weighted by molar-refractivity contribution is 5.95. The lowest BCUT2D eigenvalue weighted by Gasteiger charge is -2.25. The molecule has 0 spiro atoms. The standard InChI is InChI=1S/C20H21F3N2O/c1-12-10-17-16(13(2)19(12)24)4-3-5-18(26)25(17)11-14-6-8-15(9-7-14)20(21,22)23/h6-10H,3-5,11,24H2,1-2H3. The van der Waals surface area contributed by atoms with Gasteiger partial charge in [-0.2, -0.15) is 13.2 Å². The number of carbonyl (C=O) groups excluding carboxylic acids is 1. The summed E-state index contributed by atoms with van der Waals surface area (Å²) >= 11 is 0. The van der Waals surface area contributed by atoms with Crippen LogP contribution in [-0.2, 0) is 23.9 Å². The Morgan fingerprint density at radius 1 is 1.12 bits per heavy atom. The molecule has 3 rings (SSSR count). The van der Waals surface area contributed by atoms with Gasteiger partial charge in [0.15, 0.2) is 0 Å². The van der Waals surface area contributed by atoms with Gasteiger partial charge < -0.3 is 10.6 Å². The summed E-state index contributed by atoms with van der Waals surface area (Å²) in [5, 5.41) is 0. The van der Waals surface area contributed by atoms with E-state index >= 15 is 0 Å². The fourth-order valence-corrected chi connectivity index (χ4v) is 3.42. The van der Waals surface area contributed by atoms with Crippen molar-refractivity contribution < 1.29 is 18.0 Å². The Hall–Kier alpha value is -2.50. The molecule has 6 heteroatoms. The Morgan fingerprint density at radius 2 is 1.77 bits per heavy atom. The molecule has 0 fully saturated rings. The van der Waals surface area contributed by atoms with Gasteiger partial charge in [0.25, 0.3) is 0 Å². The number of nitrogens with zero attached hydrogens (tertiary/aromatic N) is 1. The lowest BCUT2D eigenvalue weighted by atomic mass is 9.97. The Labute approximate surface area is 150 Å². The second-order valence-electron chi connectivity index (χ2n) is 6.76. The Morgan fingerprint density at radius 3 is 2.38 bits per heavy atom. The van der Waals surface area contributed by atoms with Crippen LogP contribution < -0.4 is 10.6 Å². The minimum absolute atomic E-state index is 0.0211. The number of amides is 1. The lowest BCUT2D eigenvalue weighted by Crippen LogP contribution is -2.30. The third-order valence-electron chi connectivity index (χ3n) is 4.98. The summed E-state index contributed by atoms with van der Waals surface area (Å²) in [6.45, 7) is 4.09. The molecule has 0 radical (unpaired) electrons. The number of aryl methyl sites for hydroxylation is 1. The fourth-order valence-electron chi connectivity index (χ4n) is 3.42. The number of hydrogen-bond donors (Lipinski definition) is 1. The minimum atomic E-state index is -4.37. The van der Waals surface area contributed by atoms with E-state index in [0.29, 0.717) is 12.0 Å². The average Bonchev–Trinajstić information content (AvgIpc) is 2.73. The van der Waals surface area contributed by atoms with Crippen LogP contribution in [-0.4, -0.2) is 5.91 Å². The van der Waals surface area contributed by atoms with Gasteiger partial charge in [0, 0.05) is 17.8 Å². The molecule has 2 aromatic carbocycles. The van der Waals surface area contributed by atoms with E-state index in [2.05, 4.69) is 0 Å². The van der Waals surface area contributed by atoms with Crippen LogP contribution in [0.4, 0.5) is 24.5 Å². The van der Waals surface area contributed by atoms with Gasteiger partial charge in [-0.05, 0) is 67.1 Å². The largest absolute Gasteiger partial charge is 0.416 e. The molecule has 138 valence electrons. The first-order chi connectivity index (χ1) is 12.2. The molecule has 3 nitrogen and oxygen atoms in total. The van der Waals surface area contributed by atoms with Crippen molar-refractivity contribution in [3.05, 3.63) is 58.1 Å². The van der Waals surface area contributed by atoms with Crippen LogP contribution in [0, 0.1) is 13.8 Å². The summed E-state index contributed by atoms with van der Waals surface area (Å²) in [6, 6.07) is 6.87. The van der Waals surface area contributed by atoms with Gasteiger partial charge in [0.1, 0.15) is 0 Å². The fraction of sp³-hybridized carbons (Fsp3) is 0.350. The maximum absolute atomic E-state index is 12.7. The molecule has 2 aromatic rings. The number of rotatable bonds is 2. The third-order valence-corrected chi connectivity index (χ3v) is 4.98. The summed E-state index contributed by atoms with van der Waals surface area (Å²) < 4.78 is 38.2. The van der Waals surface area contributed by atoms with E-state index in [1.165, 1.54) is 12.1 Å². The molecule has 0 atom stereocenters. The van der Waals surface area contributed by atoms with Crippen molar-refractivity contribution in [1.82, 2.24) is 0 Å². The monoisotopic (exact) mass is 362 g/mol. The summed E-state index contributed by atoms with van der Waals surface area (Å²) in [7, 11) is 0. The van der Waals surface area contributed by atoms with Crippen molar-refractivity contribution in [2.75, 3.05) is 10.6 Å². The van der Waals surface area contributed by atoms with Crippen molar-refractivity contribution in [3.8, 4) is 0 Å². The van der Waals surface area contributed by atoms with Crippen molar-refractivity contribution in [3.63, 3.8) is 0 Å². The van der Waals surface area contributed by atoms with Crippen LogP contribution >= 0.6 is 0 Å². The van der Waals surface area contributed by atoms with Crippen LogP contribution in [0.2, 0.25) is 0 Å². The number of alkyl halides is 3. The summed E-state index contributed by atoms with van der Waals surface area (Å²) in [5.41, 5.74) is 10.6. The van der Waals surface area contributed by atoms with Crippen LogP contribution in [0.5, 0.6) is 0 Å². The molecule has 0 saturated carbocycles. The summed E-state index contributed by atoms with van der Waals surface area (Å²) in [6.07, 6.45) is -2.46. The molecule has 26 heavy (non-hydrogen) atoms. The van der Waals surface area contributed by atoms with E-state index in [4.69, 9.17) is 5.73 Å². The number of anilines is 2. The van der Waals surface area contributed by atoms with E-state index < -0.39 is 11.7 Å². The number of nitrogens with two attached hydrogens (primary N) is 1. The van der Waals surface area contributed by atoms with Crippen molar-refractivity contribution in [1.29, 1.82) is 0 Å². The molecule has 0 saturated heterocycles. The smallest absolute Gasteiger partial charge is 0.398 e. The predicted molar refractivity (Wildman–Crippen MR) is 95.9 cm³/mol. The normalized spacial score (nSPS) is 15.0. The Kier molecular flexibility index (Phi) is 4.69. The van der Waals surface area contributed by atoms with Crippen molar-refractivity contribution in [2.45, 2.75) is 45.8 Å². The number of hydrogen-bond acceptors (Lipinski definition) is 2. The second-order valence-corrected chi connectivity index (χ2v) is 6.76. The SMILES string of the molecule is Cc1cc2c(c(C)c1N)CCCC(=O)N2Cc1ccc(C(F)(F)F)cc1. The molecule has 0 aliphatic carbocycles. The van der Waals surface area contributed by atoms with Crippen LogP contribution in [0.1, 0.15) is 40.7 Å². The van der Waals surface area contributed by atoms with Crippen LogP contribution in [0.15, 0.2) is 30.3 Å². The molecule has 2 N–H and O–H groups in total. The second kappa shape index (κ2) is 6.67. The third kappa shape index (κ3) is 3.41. The van der Waals surface area contributed by atoms with Crippen LogP contribution in [0.25, 0.3) is 0 Å². The highest BCUT2D eigenvalue weighted by Crippen LogP contribution is 2.36. The number of nitrogen functional groups attached to an aromatic ring is 1. The number of halogens is 3. The molecule has 1 amide bonds. The minimum Gasteiger partial charge on any atom is -0.398 e. The number of benzene rings is 2. The van der Waals surface area contributed by atoms with E-state index in [-0.39, 0.29) is 12.5 Å². The molecule has 0 aromatic heterocycles. The maximum Gasteiger partial charge on any atom is 0.416 e. The van der Waals surface area contributed by atoms with E-state index in [1.807, 2.05) is 19.9 Å². The van der Waals surface area contributed by atoms with E-state index in [9.17, 15) is 18.0 Å². The molecular weight excluding hydrogens is 341 g/mol. The zero-order chi connectivity index (χ0) is 19.1. The average molecular weight is 362 g/mol.